The fourth-order valence-corrected chi connectivity index (χ4v) is 1.26. The van der Waals surface area contributed by atoms with Gasteiger partial charge in [-0.2, -0.15) is 0 Å². The minimum Gasteiger partial charge on any atom is -0.377 e. The first-order chi connectivity index (χ1) is 7.16. The number of alkyl carbamates (subject to hydrolysis) is 1. The summed E-state index contributed by atoms with van der Waals surface area (Å²) in [6, 6.07) is 0. The zero-order valence-corrected chi connectivity index (χ0v) is 9.67. The van der Waals surface area contributed by atoms with E-state index in [1.807, 2.05) is 0 Å². The molecule has 0 fully saturated rings. The Balaban J connectivity index is 3.16. The minimum atomic E-state index is -0.643. The van der Waals surface area contributed by atoms with Crippen LogP contribution in [0.4, 0.5) is 4.79 Å². The van der Waals surface area contributed by atoms with Crippen LogP contribution in [-0.2, 0) is 9.53 Å². The average molecular weight is 215 g/mol. The van der Waals surface area contributed by atoms with Crippen LogP contribution in [0.15, 0.2) is 0 Å². The molecule has 0 spiro atoms. The molecule has 0 bridgehead atoms. The Morgan fingerprint density at radius 1 is 1.07 bits per heavy atom. The number of carbonyl (C=O) groups is 2. The number of rotatable bonds is 7. The maximum Gasteiger partial charge on any atom is 0.414 e. The largest absolute Gasteiger partial charge is 0.414 e. The summed E-state index contributed by atoms with van der Waals surface area (Å²) >= 11 is 0. The third kappa shape index (κ3) is 10.9. The van der Waals surface area contributed by atoms with Gasteiger partial charge in [0.15, 0.2) is 0 Å². The van der Waals surface area contributed by atoms with E-state index in [1.54, 1.807) is 0 Å². The number of carbonyl (C=O) groups excluding carboxylic acids is 2. The van der Waals surface area contributed by atoms with Crippen LogP contribution in [0.1, 0.15) is 52.4 Å². The number of esters is 1. The lowest BCUT2D eigenvalue weighted by atomic mass is 10.1. The highest BCUT2D eigenvalue weighted by Gasteiger charge is 2.03. The summed E-state index contributed by atoms with van der Waals surface area (Å²) in [6.45, 7) is 3.97. The molecule has 0 aromatic heterocycles. The number of hydrogen-bond donors (Lipinski definition) is 1. The Kier molecular flexibility index (Phi) is 8.82. The van der Waals surface area contributed by atoms with Gasteiger partial charge in [0.2, 0.25) is 0 Å². The van der Waals surface area contributed by atoms with Crippen molar-refractivity contribution in [2.75, 3.05) is 6.54 Å². The van der Waals surface area contributed by atoms with Crippen LogP contribution in [0.3, 0.4) is 0 Å². The molecule has 0 aromatic rings. The third-order valence-electron chi connectivity index (χ3n) is 2.04. The lowest BCUT2D eigenvalue weighted by Crippen LogP contribution is -2.26. The summed E-state index contributed by atoms with van der Waals surface area (Å²) in [6.07, 6.45) is 6.39. The van der Waals surface area contributed by atoms with Gasteiger partial charge in [-0.1, -0.05) is 39.0 Å². The van der Waals surface area contributed by atoms with Gasteiger partial charge in [-0.05, 0) is 6.42 Å². The van der Waals surface area contributed by atoms with Crippen molar-refractivity contribution >= 4 is 12.1 Å². The van der Waals surface area contributed by atoms with Crippen molar-refractivity contribution in [3.63, 3.8) is 0 Å². The maximum absolute atomic E-state index is 10.8. The van der Waals surface area contributed by atoms with Crippen molar-refractivity contribution in [1.29, 1.82) is 0 Å². The summed E-state index contributed by atoms with van der Waals surface area (Å²) < 4.78 is 4.31. The van der Waals surface area contributed by atoms with Gasteiger partial charge in [0.1, 0.15) is 0 Å². The molecular formula is C11H21NO3. The molecule has 15 heavy (non-hydrogen) atoms. The molecule has 1 N–H and O–H groups in total. The van der Waals surface area contributed by atoms with Crippen molar-refractivity contribution in [2.45, 2.75) is 52.4 Å². The highest BCUT2D eigenvalue weighted by atomic mass is 16.6. The molecule has 0 unspecified atom stereocenters. The lowest BCUT2D eigenvalue weighted by Gasteiger charge is -2.03. The van der Waals surface area contributed by atoms with E-state index in [9.17, 15) is 9.59 Å². The molecule has 0 aliphatic carbocycles. The molecule has 0 aliphatic rings. The van der Waals surface area contributed by atoms with Crippen molar-refractivity contribution < 1.29 is 14.3 Å². The van der Waals surface area contributed by atoms with Crippen molar-refractivity contribution in [2.24, 2.45) is 0 Å². The summed E-state index contributed by atoms with van der Waals surface area (Å²) in [5.41, 5.74) is 0. The van der Waals surface area contributed by atoms with Crippen LogP contribution in [-0.4, -0.2) is 18.6 Å². The van der Waals surface area contributed by atoms with Gasteiger partial charge < -0.3 is 10.1 Å². The van der Waals surface area contributed by atoms with E-state index in [-0.39, 0.29) is 0 Å². The molecule has 1 amide bonds. The number of hydrogen-bond acceptors (Lipinski definition) is 3. The molecule has 0 aromatic carbocycles. The van der Waals surface area contributed by atoms with Crippen molar-refractivity contribution in [3.05, 3.63) is 0 Å². The molecule has 0 saturated heterocycles. The number of unbranched alkanes of at least 4 members (excludes halogenated alkanes) is 5. The minimum absolute atomic E-state index is 0.574. The first-order valence-electron chi connectivity index (χ1n) is 5.63. The Bertz CT molecular complexity index is 192. The van der Waals surface area contributed by atoms with E-state index in [2.05, 4.69) is 17.0 Å². The highest BCUT2D eigenvalue weighted by Crippen LogP contribution is 2.03. The van der Waals surface area contributed by atoms with E-state index < -0.39 is 12.1 Å². The summed E-state index contributed by atoms with van der Waals surface area (Å²) in [7, 11) is 0. The van der Waals surface area contributed by atoms with Gasteiger partial charge in [0, 0.05) is 13.5 Å². The Hall–Kier alpha value is -1.06. The molecular weight excluding hydrogens is 194 g/mol. The van der Waals surface area contributed by atoms with Gasteiger partial charge in [-0.25, -0.2) is 4.79 Å². The Morgan fingerprint density at radius 3 is 2.27 bits per heavy atom. The Morgan fingerprint density at radius 2 is 1.67 bits per heavy atom. The quantitative estimate of drug-likeness (QED) is 0.403. The van der Waals surface area contributed by atoms with E-state index in [1.165, 1.54) is 32.6 Å². The van der Waals surface area contributed by atoms with Gasteiger partial charge in [0.05, 0.1) is 0 Å². The second-order valence-corrected chi connectivity index (χ2v) is 3.58. The monoisotopic (exact) mass is 215 g/mol. The second kappa shape index (κ2) is 9.49. The fraction of sp³-hybridized carbons (Fsp3) is 0.818. The normalized spacial score (nSPS) is 9.73. The predicted molar refractivity (Wildman–Crippen MR) is 58.5 cm³/mol. The zero-order valence-electron chi connectivity index (χ0n) is 9.67. The summed E-state index contributed by atoms with van der Waals surface area (Å²) in [4.78, 5) is 21.2. The first-order valence-corrected chi connectivity index (χ1v) is 5.63. The first kappa shape index (κ1) is 13.9. The third-order valence-corrected chi connectivity index (χ3v) is 2.04. The smallest absolute Gasteiger partial charge is 0.377 e. The molecule has 0 heterocycles. The van der Waals surface area contributed by atoms with Crippen molar-refractivity contribution in [1.82, 2.24) is 5.32 Å². The van der Waals surface area contributed by atoms with Gasteiger partial charge in [-0.3, -0.25) is 4.79 Å². The lowest BCUT2D eigenvalue weighted by molar-refractivity contribution is -0.134. The fourth-order valence-electron chi connectivity index (χ4n) is 1.26. The number of nitrogens with one attached hydrogen (secondary N) is 1. The molecule has 0 rings (SSSR count). The number of amides is 1. The van der Waals surface area contributed by atoms with Crippen LogP contribution in [0.5, 0.6) is 0 Å². The van der Waals surface area contributed by atoms with Crippen LogP contribution < -0.4 is 5.32 Å². The SMILES string of the molecule is CCCCCCCCNC(=O)OC(C)=O. The van der Waals surface area contributed by atoms with Gasteiger partial charge in [-0.15, -0.1) is 0 Å². The van der Waals surface area contributed by atoms with E-state index in [0.29, 0.717) is 6.54 Å². The molecule has 4 nitrogen and oxygen atoms in total. The van der Waals surface area contributed by atoms with E-state index in [0.717, 1.165) is 12.8 Å². The second-order valence-electron chi connectivity index (χ2n) is 3.58. The van der Waals surface area contributed by atoms with Crippen LogP contribution >= 0.6 is 0 Å². The average Bonchev–Trinajstić information content (AvgIpc) is 2.15. The topological polar surface area (TPSA) is 55.4 Å². The Labute approximate surface area is 91.4 Å². The maximum atomic E-state index is 10.8. The van der Waals surface area contributed by atoms with Crippen LogP contribution in [0, 0.1) is 0 Å². The van der Waals surface area contributed by atoms with Gasteiger partial charge >= 0.3 is 12.1 Å². The van der Waals surface area contributed by atoms with E-state index >= 15 is 0 Å². The summed E-state index contributed by atoms with van der Waals surface area (Å²) in [5, 5.41) is 2.52. The van der Waals surface area contributed by atoms with Crippen LogP contribution in [0.2, 0.25) is 0 Å². The molecule has 0 saturated carbocycles. The van der Waals surface area contributed by atoms with E-state index in [4.69, 9.17) is 0 Å². The van der Waals surface area contributed by atoms with Crippen LogP contribution in [0.25, 0.3) is 0 Å². The molecule has 88 valence electrons. The molecule has 0 atom stereocenters. The van der Waals surface area contributed by atoms with Gasteiger partial charge in [0.25, 0.3) is 0 Å². The molecule has 0 aliphatic heterocycles. The number of ether oxygens (including phenoxy) is 1. The molecule has 0 radical (unpaired) electrons. The summed E-state index contributed by atoms with van der Waals surface area (Å²) in [5.74, 6) is -0.574. The standard InChI is InChI=1S/C11H21NO3/c1-3-4-5-6-7-8-9-12-11(14)15-10(2)13/h3-9H2,1-2H3,(H,12,14). The molecule has 4 heteroatoms. The predicted octanol–water partition coefficient (Wildman–Crippen LogP) is 2.62. The zero-order chi connectivity index (χ0) is 11.5. The van der Waals surface area contributed by atoms with Crippen molar-refractivity contribution in [3.8, 4) is 0 Å². The highest BCUT2D eigenvalue weighted by molar-refractivity contribution is 5.82.